The first-order valence-corrected chi connectivity index (χ1v) is 8.21. The Labute approximate surface area is 150 Å². The normalized spacial score (nSPS) is 10.6. The summed E-state index contributed by atoms with van der Waals surface area (Å²) in [6, 6.07) is 13.0. The molecule has 0 spiro atoms. The summed E-state index contributed by atoms with van der Waals surface area (Å²) in [6.45, 7) is -0.157. The summed E-state index contributed by atoms with van der Waals surface area (Å²) in [5, 5.41) is 3.88. The number of methoxy groups -OCH3 is 1. The highest BCUT2D eigenvalue weighted by Gasteiger charge is 2.11. The van der Waals surface area contributed by atoms with Crippen LogP contribution in [-0.4, -0.2) is 25.8 Å². The molecule has 120 valence electrons. The number of halogens is 2. The minimum atomic E-state index is -0.355. The van der Waals surface area contributed by atoms with Crippen LogP contribution in [-0.2, 0) is 4.79 Å². The van der Waals surface area contributed by atoms with Gasteiger partial charge in [-0.05, 0) is 49.6 Å². The van der Waals surface area contributed by atoms with E-state index in [1.165, 1.54) is 0 Å². The molecular formula is C16H14Br2N2O3. The second-order valence-electron chi connectivity index (χ2n) is 4.41. The van der Waals surface area contributed by atoms with Gasteiger partial charge in [0.15, 0.2) is 6.61 Å². The Balaban J connectivity index is 1.88. The lowest BCUT2D eigenvalue weighted by atomic mass is 10.2. The van der Waals surface area contributed by atoms with Gasteiger partial charge in [0, 0.05) is 0 Å². The molecule has 1 amide bonds. The smallest absolute Gasteiger partial charge is 0.277 e. The number of hydrogen-bond donors (Lipinski definition) is 1. The summed E-state index contributed by atoms with van der Waals surface area (Å²) in [7, 11) is 1.58. The SMILES string of the molecule is COc1cc(Br)c(OCC(=O)N/N=C\c2ccccc2)c(Br)c1. The molecule has 0 fully saturated rings. The van der Waals surface area contributed by atoms with Crippen molar-refractivity contribution in [1.29, 1.82) is 0 Å². The van der Waals surface area contributed by atoms with Gasteiger partial charge in [-0.2, -0.15) is 5.10 Å². The molecule has 0 aliphatic carbocycles. The fourth-order valence-corrected chi connectivity index (χ4v) is 3.05. The first kappa shape index (κ1) is 17.5. The number of amides is 1. The summed E-state index contributed by atoms with van der Waals surface area (Å²) in [5.41, 5.74) is 3.31. The van der Waals surface area contributed by atoms with Gasteiger partial charge in [-0.1, -0.05) is 30.3 Å². The van der Waals surface area contributed by atoms with Gasteiger partial charge < -0.3 is 9.47 Å². The van der Waals surface area contributed by atoms with Crippen molar-refractivity contribution in [1.82, 2.24) is 5.43 Å². The van der Waals surface area contributed by atoms with Crippen LogP contribution in [0, 0.1) is 0 Å². The Hall–Kier alpha value is -1.86. The van der Waals surface area contributed by atoms with Gasteiger partial charge in [0.1, 0.15) is 11.5 Å². The van der Waals surface area contributed by atoms with E-state index in [1.54, 1.807) is 25.5 Å². The Morgan fingerprint density at radius 2 is 1.87 bits per heavy atom. The maximum Gasteiger partial charge on any atom is 0.277 e. The molecule has 0 heterocycles. The summed E-state index contributed by atoms with van der Waals surface area (Å²) >= 11 is 6.75. The molecule has 2 rings (SSSR count). The van der Waals surface area contributed by atoms with Crippen LogP contribution >= 0.6 is 31.9 Å². The quantitative estimate of drug-likeness (QED) is 0.548. The standard InChI is InChI=1S/C16H14Br2N2O3/c1-22-12-7-13(17)16(14(18)8-12)23-10-15(21)20-19-9-11-5-3-2-4-6-11/h2-9H,10H2,1H3,(H,20,21)/b19-9-. The predicted octanol–water partition coefficient (Wildman–Crippen LogP) is 3.75. The average molecular weight is 442 g/mol. The Bertz CT molecular complexity index is 683. The molecule has 0 saturated carbocycles. The van der Waals surface area contributed by atoms with Crippen LogP contribution in [0.1, 0.15) is 5.56 Å². The zero-order chi connectivity index (χ0) is 16.7. The molecule has 5 nitrogen and oxygen atoms in total. The maximum absolute atomic E-state index is 11.7. The fraction of sp³-hybridized carbons (Fsp3) is 0.125. The van der Waals surface area contributed by atoms with Crippen LogP contribution in [0.4, 0.5) is 0 Å². The van der Waals surface area contributed by atoms with Gasteiger partial charge >= 0.3 is 0 Å². The van der Waals surface area contributed by atoms with E-state index >= 15 is 0 Å². The molecule has 2 aromatic carbocycles. The number of hydrazone groups is 1. The molecule has 2 aromatic rings. The van der Waals surface area contributed by atoms with E-state index in [2.05, 4.69) is 42.4 Å². The van der Waals surface area contributed by atoms with Crippen molar-refractivity contribution in [2.75, 3.05) is 13.7 Å². The number of benzene rings is 2. The summed E-state index contributed by atoms with van der Waals surface area (Å²) in [5.74, 6) is 0.841. The highest BCUT2D eigenvalue weighted by molar-refractivity contribution is 9.11. The second-order valence-corrected chi connectivity index (χ2v) is 6.12. The van der Waals surface area contributed by atoms with Crippen molar-refractivity contribution in [3.05, 3.63) is 57.0 Å². The lowest BCUT2D eigenvalue weighted by molar-refractivity contribution is -0.123. The van der Waals surface area contributed by atoms with E-state index in [0.29, 0.717) is 20.4 Å². The number of ether oxygens (including phenoxy) is 2. The Kier molecular flexibility index (Phi) is 6.61. The van der Waals surface area contributed by atoms with E-state index in [1.807, 2.05) is 30.3 Å². The molecule has 0 saturated heterocycles. The Morgan fingerprint density at radius 1 is 1.22 bits per heavy atom. The van der Waals surface area contributed by atoms with Gasteiger partial charge in [0.05, 0.1) is 22.3 Å². The number of hydrogen-bond acceptors (Lipinski definition) is 4. The van der Waals surface area contributed by atoms with Crippen LogP contribution in [0.3, 0.4) is 0 Å². The number of nitrogens with zero attached hydrogens (tertiary/aromatic N) is 1. The monoisotopic (exact) mass is 440 g/mol. The average Bonchev–Trinajstić information content (AvgIpc) is 2.54. The zero-order valence-corrected chi connectivity index (χ0v) is 15.4. The number of carbonyl (C=O) groups is 1. The van der Waals surface area contributed by atoms with Crippen LogP contribution in [0.2, 0.25) is 0 Å². The van der Waals surface area contributed by atoms with Crippen LogP contribution < -0.4 is 14.9 Å². The topological polar surface area (TPSA) is 59.9 Å². The van der Waals surface area contributed by atoms with Crippen LogP contribution in [0.15, 0.2) is 56.5 Å². The summed E-state index contributed by atoms with van der Waals surface area (Å²) < 4.78 is 12.0. The molecule has 0 aromatic heterocycles. The largest absolute Gasteiger partial charge is 0.497 e. The molecule has 0 aliphatic heterocycles. The van der Waals surface area contributed by atoms with Crippen molar-refractivity contribution in [2.24, 2.45) is 5.10 Å². The van der Waals surface area contributed by atoms with Crippen molar-refractivity contribution >= 4 is 44.0 Å². The first-order chi connectivity index (χ1) is 11.1. The van der Waals surface area contributed by atoms with Crippen LogP contribution in [0.5, 0.6) is 11.5 Å². The van der Waals surface area contributed by atoms with E-state index in [9.17, 15) is 4.79 Å². The van der Waals surface area contributed by atoms with Gasteiger partial charge in [0.25, 0.3) is 5.91 Å². The lowest BCUT2D eigenvalue weighted by Gasteiger charge is -2.11. The minimum Gasteiger partial charge on any atom is -0.497 e. The molecule has 0 unspecified atom stereocenters. The highest BCUT2D eigenvalue weighted by Crippen LogP contribution is 2.37. The van der Waals surface area contributed by atoms with Gasteiger partial charge in [-0.15, -0.1) is 0 Å². The predicted molar refractivity (Wildman–Crippen MR) is 96.1 cm³/mol. The van der Waals surface area contributed by atoms with Gasteiger partial charge in [-0.25, -0.2) is 5.43 Å². The zero-order valence-electron chi connectivity index (χ0n) is 12.3. The third kappa shape index (κ3) is 5.37. The molecule has 0 bridgehead atoms. The summed E-state index contributed by atoms with van der Waals surface area (Å²) in [4.78, 5) is 11.7. The third-order valence-corrected chi connectivity index (χ3v) is 3.94. The van der Waals surface area contributed by atoms with Gasteiger partial charge in [0.2, 0.25) is 0 Å². The molecular weight excluding hydrogens is 428 g/mol. The number of carbonyl (C=O) groups excluding carboxylic acids is 1. The van der Waals surface area contributed by atoms with Gasteiger partial charge in [-0.3, -0.25) is 4.79 Å². The molecule has 0 aliphatic rings. The second kappa shape index (κ2) is 8.69. The molecule has 0 atom stereocenters. The summed E-state index contributed by atoms with van der Waals surface area (Å²) in [6.07, 6.45) is 1.57. The fourth-order valence-electron chi connectivity index (χ4n) is 1.68. The van der Waals surface area contributed by atoms with E-state index < -0.39 is 0 Å². The number of nitrogens with one attached hydrogen (secondary N) is 1. The van der Waals surface area contributed by atoms with Crippen molar-refractivity contribution in [3.63, 3.8) is 0 Å². The van der Waals surface area contributed by atoms with E-state index in [4.69, 9.17) is 9.47 Å². The Morgan fingerprint density at radius 3 is 2.48 bits per heavy atom. The van der Waals surface area contributed by atoms with Crippen molar-refractivity contribution < 1.29 is 14.3 Å². The third-order valence-electron chi connectivity index (χ3n) is 2.76. The van der Waals surface area contributed by atoms with Crippen molar-refractivity contribution in [2.45, 2.75) is 0 Å². The van der Waals surface area contributed by atoms with Crippen molar-refractivity contribution in [3.8, 4) is 11.5 Å². The van der Waals surface area contributed by atoms with E-state index in [0.717, 1.165) is 5.56 Å². The number of rotatable bonds is 6. The van der Waals surface area contributed by atoms with Crippen LogP contribution in [0.25, 0.3) is 0 Å². The van der Waals surface area contributed by atoms with E-state index in [-0.39, 0.29) is 12.5 Å². The minimum absolute atomic E-state index is 0.157. The molecule has 7 heteroatoms. The highest BCUT2D eigenvalue weighted by atomic mass is 79.9. The molecule has 0 radical (unpaired) electrons. The first-order valence-electron chi connectivity index (χ1n) is 6.63. The molecule has 1 N–H and O–H groups in total. The molecule has 23 heavy (non-hydrogen) atoms. The lowest BCUT2D eigenvalue weighted by Crippen LogP contribution is -2.24. The maximum atomic E-state index is 11.7.